The first-order chi connectivity index (χ1) is 21.7. The smallest absolute Gasteiger partial charge is 0.390 e. The summed E-state index contributed by atoms with van der Waals surface area (Å²) in [6, 6.07) is 4.30. The van der Waals surface area contributed by atoms with Crippen molar-refractivity contribution in [2.75, 3.05) is 13.2 Å². The number of benzene rings is 1. The summed E-state index contributed by atoms with van der Waals surface area (Å²) in [4.78, 5) is 74.7. The quantitative estimate of drug-likeness (QED) is 0.0608. The number of aliphatic hydroxyl groups is 1. The Hall–Kier alpha value is -2.89. The topological polar surface area (TPSA) is 323 Å². The van der Waals surface area contributed by atoms with Crippen molar-refractivity contribution in [2.45, 2.75) is 51.4 Å². The van der Waals surface area contributed by atoms with Gasteiger partial charge in [0.25, 0.3) is 11.2 Å². The number of nitrogens with zero attached hydrogens (tertiary/aromatic N) is 2. The Kier molecular flexibility index (Phi) is 12.8. The van der Waals surface area contributed by atoms with E-state index < -0.39 is 77.4 Å². The van der Waals surface area contributed by atoms with E-state index in [9.17, 15) is 48.3 Å². The number of aromatic nitrogens is 2. The fraction of sp³-hybridized carbons (Fsp3) is 0.478. The normalized spacial score (nSPS) is 21.4. The van der Waals surface area contributed by atoms with Crippen molar-refractivity contribution in [3.05, 3.63) is 72.0 Å². The van der Waals surface area contributed by atoms with Crippen molar-refractivity contribution in [2.24, 2.45) is 11.7 Å². The number of nitrogens with one attached hydrogen (secondary N) is 1. The second kappa shape index (κ2) is 15.6. The zero-order valence-corrected chi connectivity index (χ0v) is 27.2. The van der Waals surface area contributed by atoms with E-state index in [-0.39, 0.29) is 35.7 Å². The molecule has 1 aromatic carbocycles. The van der Waals surface area contributed by atoms with E-state index in [4.69, 9.17) is 25.0 Å². The summed E-state index contributed by atoms with van der Waals surface area (Å²) in [7, 11) is -16.9. The van der Waals surface area contributed by atoms with Crippen LogP contribution in [0.3, 0.4) is 0 Å². The molecule has 3 unspecified atom stereocenters. The number of hydrogen-bond donors (Lipinski definition) is 7. The number of phosphoric acid groups is 3. The molecule has 260 valence electrons. The van der Waals surface area contributed by atoms with Crippen LogP contribution in [0.5, 0.6) is 0 Å². The third kappa shape index (κ3) is 11.1. The molecule has 21 nitrogen and oxygen atoms in total. The molecule has 47 heavy (non-hydrogen) atoms. The largest absolute Gasteiger partial charge is 0.490 e. The maximum absolute atomic E-state index is 12.6. The Bertz CT molecular complexity index is 1790. The van der Waals surface area contributed by atoms with Crippen LogP contribution in [0.4, 0.5) is 5.69 Å². The molecule has 0 radical (unpaired) electrons. The number of nitro groups is 1. The highest BCUT2D eigenvalue weighted by molar-refractivity contribution is 7.66. The average Bonchev–Trinajstić information content (AvgIpc) is 3.29. The number of ether oxygens (including phenoxy) is 2. The van der Waals surface area contributed by atoms with E-state index >= 15 is 0 Å². The van der Waals surface area contributed by atoms with Gasteiger partial charge in [0.15, 0.2) is 0 Å². The SMILES string of the molecule is CC(C)[C@H](OCc1cn([C@H]2CC(O)[C@@H](COP(=O)(O)OP(=O)(O)OP(=O)(O)O)O2)c(=O)[nH]c1=O)c1ccc(C#CCN)cc1[N+](=O)[O-]. The molecule has 0 aliphatic carbocycles. The zero-order chi connectivity index (χ0) is 35.3. The highest BCUT2D eigenvalue weighted by Crippen LogP contribution is 2.66. The van der Waals surface area contributed by atoms with E-state index in [2.05, 4.69) is 30.0 Å². The summed E-state index contributed by atoms with van der Waals surface area (Å²) >= 11 is 0. The average molecular weight is 728 g/mol. The lowest BCUT2D eigenvalue weighted by Gasteiger charge is -2.22. The highest BCUT2D eigenvalue weighted by atomic mass is 31.3. The number of hydrogen-bond acceptors (Lipinski definition) is 14. The van der Waals surface area contributed by atoms with E-state index in [0.717, 1.165) is 10.8 Å². The number of rotatable bonds is 14. The summed E-state index contributed by atoms with van der Waals surface area (Å²) in [5.74, 6) is 5.00. The lowest BCUT2D eigenvalue weighted by Crippen LogP contribution is -2.34. The number of nitro benzene ring substituents is 1. The Balaban J connectivity index is 1.76. The van der Waals surface area contributed by atoms with Crippen molar-refractivity contribution in [3.63, 3.8) is 0 Å². The molecular weight excluding hydrogens is 697 g/mol. The van der Waals surface area contributed by atoms with Crippen molar-refractivity contribution < 1.29 is 65.9 Å². The second-order valence-electron chi connectivity index (χ2n) is 10.2. The third-order valence-corrected chi connectivity index (χ3v) is 10.1. The number of H-pyrrole nitrogens is 1. The molecular formula is C23H31N4O17P3. The Morgan fingerprint density at radius 3 is 2.45 bits per heavy atom. The van der Waals surface area contributed by atoms with Gasteiger partial charge in [0, 0.05) is 24.2 Å². The fourth-order valence-electron chi connectivity index (χ4n) is 4.34. The molecule has 24 heteroatoms. The first-order valence-corrected chi connectivity index (χ1v) is 17.8. The first-order valence-electron chi connectivity index (χ1n) is 13.3. The molecule has 0 spiro atoms. The van der Waals surface area contributed by atoms with Gasteiger partial charge in [0.2, 0.25) is 0 Å². The molecule has 8 N–H and O–H groups in total. The number of aromatic amines is 1. The van der Waals surface area contributed by atoms with Crippen molar-refractivity contribution in [1.29, 1.82) is 0 Å². The lowest BCUT2D eigenvalue weighted by molar-refractivity contribution is -0.386. The Morgan fingerprint density at radius 1 is 1.17 bits per heavy atom. The summed E-state index contributed by atoms with van der Waals surface area (Å²) in [5.41, 5.74) is 3.71. The summed E-state index contributed by atoms with van der Waals surface area (Å²) in [6.45, 7) is 2.10. The van der Waals surface area contributed by atoms with Crippen LogP contribution in [0.15, 0.2) is 34.0 Å². The molecule has 1 saturated heterocycles. The van der Waals surface area contributed by atoms with Gasteiger partial charge in [-0.05, 0) is 18.1 Å². The van der Waals surface area contributed by atoms with Crippen molar-refractivity contribution in [3.8, 4) is 11.8 Å². The van der Waals surface area contributed by atoms with Gasteiger partial charge in [-0.1, -0.05) is 25.7 Å². The zero-order valence-electron chi connectivity index (χ0n) is 24.5. The molecule has 3 rings (SSSR count). The van der Waals surface area contributed by atoms with Gasteiger partial charge < -0.3 is 39.9 Å². The molecule has 1 aromatic heterocycles. The van der Waals surface area contributed by atoms with Crippen molar-refractivity contribution in [1.82, 2.24) is 9.55 Å². The molecule has 0 amide bonds. The lowest BCUT2D eigenvalue weighted by atomic mass is 9.96. The van der Waals surface area contributed by atoms with Gasteiger partial charge in [0.1, 0.15) is 12.3 Å². The maximum Gasteiger partial charge on any atom is 0.490 e. The molecule has 0 bridgehead atoms. The van der Waals surface area contributed by atoms with E-state index in [1.807, 2.05) is 0 Å². The van der Waals surface area contributed by atoms with Crippen LogP contribution in [0.25, 0.3) is 0 Å². The second-order valence-corrected chi connectivity index (χ2v) is 14.6. The Morgan fingerprint density at radius 2 is 1.85 bits per heavy atom. The minimum absolute atomic E-state index is 0.0531. The molecule has 2 heterocycles. The summed E-state index contributed by atoms with van der Waals surface area (Å²) in [5, 5.41) is 22.2. The fourth-order valence-corrected chi connectivity index (χ4v) is 7.37. The van der Waals surface area contributed by atoms with Crippen LogP contribution in [0, 0.1) is 27.9 Å². The van der Waals surface area contributed by atoms with Crippen molar-refractivity contribution >= 4 is 29.2 Å². The van der Waals surface area contributed by atoms with Gasteiger partial charge in [-0.2, -0.15) is 8.62 Å². The van der Waals surface area contributed by atoms with Gasteiger partial charge in [-0.25, -0.2) is 18.5 Å². The third-order valence-electron chi connectivity index (χ3n) is 6.27. The predicted octanol–water partition coefficient (Wildman–Crippen LogP) is 0.661. The molecule has 6 atom stereocenters. The number of phosphoric ester groups is 1. The van der Waals surface area contributed by atoms with Crippen LogP contribution in [0.1, 0.15) is 49.3 Å². The minimum Gasteiger partial charge on any atom is -0.390 e. The highest BCUT2D eigenvalue weighted by Gasteiger charge is 2.43. The standard InChI is InChI=1S/C23H31N4O17P3/c1-13(2)21(16-6-5-14(4-3-7-24)8-17(16)27(31)32)40-11-15-10-26(23(30)25-22(15)29)20-9-18(28)19(42-20)12-41-46(36,37)44-47(38,39)43-45(33,34)35/h5-6,8,10,13,18-21,28H,7,9,11-12,24H2,1-2H3,(H,36,37)(H,38,39)(H,25,29,30)(H2,33,34,35)/t18?,19-,20-,21+/m1/s1. The molecule has 0 saturated carbocycles. The van der Waals surface area contributed by atoms with E-state index in [1.54, 1.807) is 19.9 Å². The Labute approximate surface area is 264 Å². The number of nitrogens with two attached hydrogens (primary N) is 1. The van der Waals surface area contributed by atoms with Crippen LogP contribution >= 0.6 is 23.5 Å². The number of aliphatic hydroxyl groups excluding tert-OH is 1. The minimum atomic E-state index is -5.78. The molecule has 2 aromatic rings. The monoisotopic (exact) mass is 728 g/mol. The van der Waals surface area contributed by atoms with Crippen LogP contribution in [0.2, 0.25) is 0 Å². The van der Waals surface area contributed by atoms with E-state index in [1.165, 1.54) is 12.1 Å². The summed E-state index contributed by atoms with van der Waals surface area (Å²) in [6.07, 6.45) is -4.35. The van der Waals surface area contributed by atoms with Gasteiger partial charge in [0.05, 0.1) is 48.0 Å². The van der Waals surface area contributed by atoms with Gasteiger partial charge >= 0.3 is 29.2 Å². The predicted molar refractivity (Wildman–Crippen MR) is 157 cm³/mol. The van der Waals surface area contributed by atoms with Crippen LogP contribution in [-0.2, 0) is 42.9 Å². The first kappa shape index (κ1) is 38.6. The van der Waals surface area contributed by atoms with Crippen LogP contribution in [-0.4, -0.2) is 64.5 Å². The van der Waals surface area contributed by atoms with Gasteiger partial charge in [-0.3, -0.25) is 29.0 Å². The molecule has 1 aliphatic heterocycles. The summed E-state index contributed by atoms with van der Waals surface area (Å²) < 4.78 is 58.3. The maximum atomic E-state index is 12.6. The van der Waals surface area contributed by atoms with Gasteiger partial charge in [-0.15, -0.1) is 0 Å². The van der Waals surface area contributed by atoms with E-state index in [0.29, 0.717) is 5.56 Å². The molecule has 1 aliphatic rings. The molecule has 1 fully saturated rings. The van der Waals surface area contributed by atoms with Crippen LogP contribution < -0.4 is 17.0 Å².